The number of amides is 1. The first kappa shape index (κ1) is 50.2. The molecule has 0 aromatic rings. The molecule has 0 bridgehead atoms. The van der Waals surface area contributed by atoms with Crippen LogP contribution in [0.4, 0.5) is 0 Å². The normalized spacial score (nSPS) is 22.2. The second kappa shape index (κ2) is 34.4. The van der Waals surface area contributed by atoms with E-state index in [1.807, 2.05) is 0 Å². The lowest BCUT2D eigenvalue weighted by Gasteiger charge is -2.40. The fraction of sp³-hybridized carbons (Fsp3) is 0.977. The van der Waals surface area contributed by atoms with Gasteiger partial charge in [-0.2, -0.15) is 0 Å². The lowest BCUT2D eigenvalue weighted by molar-refractivity contribution is -0.303. The van der Waals surface area contributed by atoms with Crippen molar-refractivity contribution >= 4 is 5.91 Å². The van der Waals surface area contributed by atoms with Gasteiger partial charge in [-0.25, -0.2) is 0 Å². The standard InChI is InChI=1S/C43H85NO9/c1-3-5-7-9-11-13-15-17-18-20-21-23-25-27-29-31-36(46)39(48)35(34-52-43-42(51)41(50)40(49)37(33-45)53-43)44-38(47)32-30-28-26-24-22-19-16-14-12-10-8-6-4-2/h35-37,39-43,45-46,48-51H,3-34H2,1-2H3,(H,44,47)/t35-,36+,37+,39-,40+,41?,42?,43+/m0/s1. The van der Waals surface area contributed by atoms with Crippen LogP contribution < -0.4 is 5.32 Å². The summed E-state index contributed by atoms with van der Waals surface area (Å²) in [7, 11) is 0. The van der Waals surface area contributed by atoms with E-state index in [0.29, 0.717) is 6.42 Å². The molecule has 316 valence electrons. The van der Waals surface area contributed by atoms with Crippen molar-refractivity contribution in [3.63, 3.8) is 0 Å². The van der Waals surface area contributed by atoms with Gasteiger partial charge >= 0.3 is 0 Å². The molecule has 1 saturated heterocycles. The number of aliphatic hydroxyl groups is 6. The van der Waals surface area contributed by atoms with Gasteiger partial charge in [0, 0.05) is 6.42 Å². The summed E-state index contributed by atoms with van der Waals surface area (Å²) in [5, 5.41) is 65.1. The predicted octanol–water partition coefficient (Wildman–Crippen LogP) is 7.75. The van der Waals surface area contributed by atoms with Crippen molar-refractivity contribution in [2.75, 3.05) is 13.2 Å². The van der Waals surface area contributed by atoms with E-state index in [1.165, 1.54) is 135 Å². The highest BCUT2D eigenvalue weighted by Crippen LogP contribution is 2.23. The Bertz CT molecular complexity index is 819. The molecule has 0 aliphatic carbocycles. The highest BCUT2D eigenvalue weighted by Gasteiger charge is 2.44. The predicted molar refractivity (Wildman–Crippen MR) is 214 cm³/mol. The van der Waals surface area contributed by atoms with Crippen molar-refractivity contribution in [3.8, 4) is 0 Å². The molecule has 0 aromatic heterocycles. The third kappa shape index (κ3) is 25.1. The first-order valence-electron chi connectivity index (χ1n) is 22.3. The Morgan fingerprint density at radius 1 is 0.585 bits per heavy atom. The van der Waals surface area contributed by atoms with Gasteiger partial charge in [-0.05, 0) is 12.8 Å². The highest BCUT2D eigenvalue weighted by molar-refractivity contribution is 5.76. The molecule has 0 aromatic carbocycles. The summed E-state index contributed by atoms with van der Waals surface area (Å²) in [5.74, 6) is -0.256. The first-order chi connectivity index (χ1) is 25.8. The van der Waals surface area contributed by atoms with Gasteiger partial charge in [-0.15, -0.1) is 0 Å². The number of unbranched alkanes of at least 4 members (excludes halogenated alkanes) is 26. The number of aliphatic hydroxyl groups excluding tert-OH is 6. The van der Waals surface area contributed by atoms with Gasteiger partial charge in [0.1, 0.15) is 30.5 Å². The van der Waals surface area contributed by atoms with Crippen molar-refractivity contribution in [3.05, 3.63) is 0 Å². The third-order valence-corrected chi connectivity index (χ3v) is 11.1. The molecule has 10 nitrogen and oxygen atoms in total. The van der Waals surface area contributed by atoms with Gasteiger partial charge in [0.2, 0.25) is 5.91 Å². The van der Waals surface area contributed by atoms with Crippen LogP contribution in [0.3, 0.4) is 0 Å². The minimum atomic E-state index is -1.60. The highest BCUT2D eigenvalue weighted by atomic mass is 16.7. The molecule has 7 N–H and O–H groups in total. The Balaban J connectivity index is 2.41. The van der Waals surface area contributed by atoms with Crippen molar-refractivity contribution < 1.29 is 44.9 Å². The number of carbonyl (C=O) groups excluding carboxylic acids is 1. The Kier molecular flexibility index (Phi) is 32.6. The van der Waals surface area contributed by atoms with Crippen LogP contribution in [0.2, 0.25) is 0 Å². The lowest BCUT2D eigenvalue weighted by atomic mass is 9.98. The zero-order chi connectivity index (χ0) is 38.9. The van der Waals surface area contributed by atoms with Crippen LogP contribution in [-0.4, -0.2) is 98.7 Å². The van der Waals surface area contributed by atoms with Gasteiger partial charge in [0.15, 0.2) is 6.29 Å². The van der Waals surface area contributed by atoms with E-state index in [4.69, 9.17) is 9.47 Å². The molecule has 1 aliphatic rings. The Labute approximate surface area is 324 Å². The largest absolute Gasteiger partial charge is 0.394 e. The van der Waals surface area contributed by atoms with Crippen LogP contribution in [-0.2, 0) is 14.3 Å². The molecule has 1 heterocycles. The van der Waals surface area contributed by atoms with Crippen molar-refractivity contribution in [1.29, 1.82) is 0 Å². The summed E-state index contributed by atoms with van der Waals surface area (Å²) >= 11 is 0. The Hall–Kier alpha value is -0.850. The molecular formula is C43H85NO9. The van der Waals surface area contributed by atoms with Gasteiger partial charge in [0.25, 0.3) is 0 Å². The number of nitrogens with one attached hydrogen (secondary N) is 1. The summed E-state index contributed by atoms with van der Waals surface area (Å²) in [4.78, 5) is 13.0. The number of rotatable bonds is 37. The molecule has 0 radical (unpaired) electrons. The smallest absolute Gasteiger partial charge is 0.220 e. The molecular weight excluding hydrogens is 674 g/mol. The first-order valence-corrected chi connectivity index (χ1v) is 22.3. The Morgan fingerprint density at radius 3 is 1.40 bits per heavy atom. The molecule has 1 fully saturated rings. The van der Waals surface area contributed by atoms with Crippen LogP contribution in [0, 0.1) is 0 Å². The van der Waals surface area contributed by atoms with Gasteiger partial charge in [-0.1, -0.05) is 187 Å². The van der Waals surface area contributed by atoms with E-state index < -0.39 is 55.6 Å². The number of ether oxygens (including phenoxy) is 2. The summed E-state index contributed by atoms with van der Waals surface area (Å²) in [6, 6.07) is -0.983. The molecule has 53 heavy (non-hydrogen) atoms. The molecule has 1 aliphatic heterocycles. The van der Waals surface area contributed by atoms with Crippen LogP contribution >= 0.6 is 0 Å². The maximum absolute atomic E-state index is 13.0. The van der Waals surface area contributed by atoms with Gasteiger partial charge < -0.3 is 45.4 Å². The molecule has 1 rings (SSSR count). The van der Waals surface area contributed by atoms with Crippen molar-refractivity contribution in [2.24, 2.45) is 0 Å². The van der Waals surface area contributed by atoms with Crippen LogP contribution in [0.1, 0.15) is 206 Å². The minimum Gasteiger partial charge on any atom is -0.394 e. The summed E-state index contributed by atoms with van der Waals surface area (Å²) in [6.45, 7) is 3.61. The average molecular weight is 760 g/mol. The number of carbonyl (C=O) groups is 1. The summed E-state index contributed by atoms with van der Waals surface area (Å²) in [5.41, 5.74) is 0. The van der Waals surface area contributed by atoms with E-state index in [-0.39, 0.29) is 18.9 Å². The van der Waals surface area contributed by atoms with Gasteiger partial charge in [-0.3, -0.25) is 4.79 Å². The summed E-state index contributed by atoms with van der Waals surface area (Å²) < 4.78 is 11.1. The maximum atomic E-state index is 13.0. The zero-order valence-corrected chi connectivity index (χ0v) is 34.2. The minimum absolute atomic E-state index is 0.256. The van der Waals surface area contributed by atoms with Crippen molar-refractivity contribution in [2.45, 2.75) is 255 Å². The van der Waals surface area contributed by atoms with E-state index >= 15 is 0 Å². The second-order valence-corrected chi connectivity index (χ2v) is 16.0. The molecule has 0 saturated carbocycles. The molecule has 10 heteroatoms. The van der Waals surface area contributed by atoms with Gasteiger partial charge in [0.05, 0.1) is 25.4 Å². The third-order valence-electron chi connectivity index (χ3n) is 11.1. The lowest BCUT2D eigenvalue weighted by Crippen LogP contribution is -2.60. The Morgan fingerprint density at radius 2 is 0.981 bits per heavy atom. The van der Waals surface area contributed by atoms with Crippen LogP contribution in [0.25, 0.3) is 0 Å². The monoisotopic (exact) mass is 760 g/mol. The fourth-order valence-corrected chi connectivity index (χ4v) is 7.38. The quantitative estimate of drug-likeness (QED) is 0.0313. The fourth-order valence-electron chi connectivity index (χ4n) is 7.38. The zero-order valence-electron chi connectivity index (χ0n) is 34.2. The van der Waals surface area contributed by atoms with Crippen LogP contribution in [0.15, 0.2) is 0 Å². The maximum Gasteiger partial charge on any atom is 0.220 e. The van der Waals surface area contributed by atoms with Crippen molar-refractivity contribution in [1.82, 2.24) is 5.32 Å². The number of hydrogen-bond donors (Lipinski definition) is 7. The van der Waals surface area contributed by atoms with E-state index in [1.54, 1.807) is 0 Å². The average Bonchev–Trinajstić information content (AvgIpc) is 3.16. The second-order valence-electron chi connectivity index (χ2n) is 16.0. The topological polar surface area (TPSA) is 169 Å². The number of hydrogen-bond acceptors (Lipinski definition) is 9. The molecule has 2 unspecified atom stereocenters. The molecule has 0 spiro atoms. The van der Waals surface area contributed by atoms with E-state index in [2.05, 4.69) is 19.2 Å². The summed E-state index contributed by atoms with van der Waals surface area (Å²) in [6.07, 6.45) is 25.3. The van der Waals surface area contributed by atoms with E-state index in [0.717, 1.165) is 44.9 Å². The molecule has 1 amide bonds. The van der Waals surface area contributed by atoms with E-state index in [9.17, 15) is 35.4 Å². The SMILES string of the molecule is CCCCCCCCCCCCCCCCC[C@@H](O)[C@@H](O)[C@H](CO[C@@H]1O[C@H](CO)[C@@H](O)C(O)C1O)NC(=O)CCCCCCCCCCCCCCC. The van der Waals surface area contributed by atoms with Crippen LogP contribution in [0.5, 0.6) is 0 Å². The molecule has 8 atom stereocenters.